The van der Waals surface area contributed by atoms with Gasteiger partial charge in [-0.2, -0.15) is 0 Å². The van der Waals surface area contributed by atoms with Gasteiger partial charge in [-0.15, -0.1) is 0 Å². The molecule has 0 saturated heterocycles. The number of pyridine rings is 1. The van der Waals surface area contributed by atoms with E-state index in [9.17, 15) is 0 Å². The van der Waals surface area contributed by atoms with Gasteiger partial charge in [0.2, 0.25) is 0 Å². The lowest BCUT2D eigenvalue weighted by molar-refractivity contribution is 0.788. The summed E-state index contributed by atoms with van der Waals surface area (Å²) in [5.41, 5.74) is 3.47. The van der Waals surface area contributed by atoms with Crippen molar-refractivity contribution in [1.82, 2.24) is 15.6 Å². The molecule has 0 atom stereocenters. The molecule has 0 amide bonds. The number of nitrogens with zero attached hydrogens (tertiary/aromatic N) is 3. The van der Waals surface area contributed by atoms with Crippen LogP contribution < -0.4 is 15.5 Å². The molecule has 0 aliphatic heterocycles. The van der Waals surface area contributed by atoms with E-state index in [1.54, 1.807) is 0 Å². The Balaban J connectivity index is 1.91. The molecule has 0 bridgehead atoms. The maximum atomic E-state index is 4.67. The monoisotopic (exact) mass is 325 g/mol. The Labute approximate surface area is 144 Å². The van der Waals surface area contributed by atoms with Crippen molar-refractivity contribution in [3.8, 4) is 0 Å². The zero-order valence-corrected chi connectivity index (χ0v) is 14.8. The van der Waals surface area contributed by atoms with Gasteiger partial charge in [-0.1, -0.05) is 18.2 Å². The zero-order chi connectivity index (χ0) is 17.2. The van der Waals surface area contributed by atoms with Crippen LogP contribution in [-0.2, 0) is 13.0 Å². The highest BCUT2D eigenvalue weighted by Gasteiger charge is 2.00. The van der Waals surface area contributed by atoms with Gasteiger partial charge in [0.25, 0.3) is 0 Å². The summed E-state index contributed by atoms with van der Waals surface area (Å²) in [7, 11) is 4.09. The number of hydrogen-bond donors (Lipinski definition) is 2. The second-order valence-electron chi connectivity index (χ2n) is 5.76. The Morgan fingerprint density at radius 1 is 1.12 bits per heavy atom. The van der Waals surface area contributed by atoms with Gasteiger partial charge in [-0.25, -0.2) is 4.99 Å². The second kappa shape index (κ2) is 9.55. The van der Waals surface area contributed by atoms with E-state index in [-0.39, 0.29) is 0 Å². The molecule has 128 valence electrons. The van der Waals surface area contributed by atoms with Gasteiger partial charge in [0, 0.05) is 51.2 Å². The van der Waals surface area contributed by atoms with E-state index >= 15 is 0 Å². The lowest BCUT2D eigenvalue weighted by Crippen LogP contribution is -2.38. The van der Waals surface area contributed by atoms with Crippen LogP contribution in [0.5, 0.6) is 0 Å². The van der Waals surface area contributed by atoms with Crippen molar-refractivity contribution in [2.75, 3.05) is 32.1 Å². The molecule has 0 radical (unpaired) electrons. The van der Waals surface area contributed by atoms with Crippen LogP contribution in [0, 0.1) is 0 Å². The van der Waals surface area contributed by atoms with Crippen molar-refractivity contribution in [2.45, 2.75) is 19.9 Å². The van der Waals surface area contributed by atoms with Gasteiger partial charge in [0.1, 0.15) is 0 Å². The normalized spacial score (nSPS) is 11.2. The summed E-state index contributed by atoms with van der Waals surface area (Å²) in [6.45, 7) is 4.37. The van der Waals surface area contributed by atoms with Crippen molar-refractivity contribution < 1.29 is 0 Å². The third-order valence-electron chi connectivity index (χ3n) is 3.59. The highest BCUT2D eigenvalue weighted by molar-refractivity contribution is 5.79. The van der Waals surface area contributed by atoms with Crippen LogP contribution in [0.2, 0.25) is 0 Å². The molecule has 5 nitrogen and oxygen atoms in total. The largest absolute Gasteiger partial charge is 0.378 e. The quantitative estimate of drug-likeness (QED) is 0.606. The topological polar surface area (TPSA) is 52.6 Å². The molecule has 0 aliphatic rings. The van der Waals surface area contributed by atoms with E-state index in [1.807, 2.05) is 38.5 Å². The van der Waals surface area contributed by atoms with Crippen molar-refractivity contribution in [1.29, 1.82) is 0 Å². The fourth-order valence-corrected chi connectivity index (χ4v) is 2.30. The number of anilines is 1. The van der Waals surface area contributed by atoms with Crippen LogP contribution in [0.1, 0.15) is 18.2 Å². The molecule has 0 fully saturated rings. The molecule has 5 heteroatoms. The number of nitrogens with one attached hydrogen (secondary N) is 2. The van der Waals surface area contributed by atoms with Crippen LogP contribution >= 0.6 is 0 Å². The SMILES string of the molecule is CCNC(=NCc1cccc(N(C)C)c1)NCCc1ccccn1. The average molecular weight is 325 g/mol. The minimum atomic E-state index is 0.653. The van der Waals surface area contributed by atoms with Crippen molar-refractivity contribution in [3.63, 3.8) is 0 Å². The molecule has 0 saturated carbocycles. The molecule has 2 rings (SSSR count). The van der Waals surface area contributed by atoms with Gasteiger partial charge in [0.15, 0.2) is 5.96 Å². The van der Waals surface area contributed by atoms with Crippen LogP contribution in [0.3, 0.4) is 0 Å². The Morgan fingerprint density at radius 2 is 2.00 bits per heavy atom. The van der Waals surface area contributed by atoms with Gasteiger partial charge >= 0.3 is 0 Å². The van der Waals surface area contributed by atoms with Crippen molar-refractivity contribution in [3.05, 3.63) is 59.9 Å². The number of guanidine groups is 1. The predicted molar refractivity (Wildman–Crippen MR) is 102 cm³/mol. The van der Waals surface area contributed by atoms with Crippen LogP contribution in [-0.4, -0.2) is 38.1 Å². The Kier molecular flexibility index (Phi) is 7.08. The van der Waals surface area contributed by atoms with E-state index in [4.69, 9.17) is 0 Å². The summed E-state index contributed by atoms with van der Waals surface area (Å²) in [5.74, 6) is 0.837. The Bertz CT molecular complexity index is 637. The minimum absolute atomic E-state index is 0.653. The first-order valence-electron chi connectivity index (χ1n) is 8.37. The van der Waals surface area contributed by atoms with Gasteiger partial charge in [0.05, 0.1) is 6.54 Å². The summed E-state index contributed by atoms with van der Waals surface area (Å²) in [6, 6.07) is 14.4. The maximum absolute atomic E-state index is 4.67. The number of aliphatic imine (C=N–C) groups is 1. The standard InChI is InChI=1S/C19H27N5/c1-4-20-19(22-13-11-17-9-5-6-12-21-17)23-15-16-8-7-10-18(14-16)24(2)3/h5-10,12,14H,4,11,13,15H2,1-3H3,(H2,20,22,23). The van der Waals surface area contributed by atoms with E-state index < -0.39 is 0 Å². The molecular formula is C19H27N5. The molecule has 2 N–H and O–H groups in total. The minimum Gasteiger partial charge on any atom is -0.378 e. The summed E-state index contributed by atoms with van der Waals surface area (Å²) in [5, 5.41) is 6.65. The smallest absolute Gasteiger partial charge is 0.191 e. The fourth-order valence-electron chi connectivity index (χ4n) is 2.30. The molecule has 24 heavy (non-hydrogen) atoms. The molecule has 0 unspecified atom stereocenters. The van der Waals surface area contributed by atoms with Crippen LogP contribution in [0.15, 0.2) is 53.7 Å². The lowest BCUT2D eigenvalue weighted by Gasteiger charge is -2.14. The molecule has 1 aromatic carbocycles. The van der Waals surface area contributed by atoms with Crippen LogP contribution in [0.4, 0.5) is 5.69 Å². The van der Waals surface area contributed by atoms with E-state index in [1.165, 1.54) is 11.3 Å². The van der Waals surface area contributed by atoms with E-state index in [0.717, 1.165) is 31.2 Å². The number of aromatic nitrogens is 1. The van der Waals surface area contributed by atoms with E-state index in [0.29, 0.717) is 6.54 Å². The highest BCUT2D eigenvalue weighted by Crippen LogP contribution is 2.13. The Hall–Kier alpha value is -2.56. The van der Waals surface area contributed by atoms with Gasteiger partial charge in [-0.3, -0.25) is 4.98 Å². The van der Waals surface area contributed by atoms with Crippen LogP contribution in [0.25, 0.3) is 0 Å². The molecule has 0 aliphatic carbocycles. The predicted octanol–water partition coefficient (Wildman–Crippen LogP) is 2.45. The van der Waals surface area contributed by atoms with Gasteiger partial charge < -0.3 is 15.5 Å². The summed E-state index contributed by atoms with van der Waals surface area (Å²) in [6.07, 6.45) is 2.70. The fraction of sp³-hybridized carbons (Fsp3) is 0.368. The highest BCUT2D eigenvalue weighted by atomic mass is 15.2. The first-order valence-corrected chi connectivity index (χ1v) is 8.37. The number of hydrogen-bond acceptors (Lipinski definition) is 3. The number of rotatable bonds is 7. The summed E-state index contributed by atoms with van der Waals surface area (Å²) in [4.78, 5) is 11.1. The van der Waals surface area contributed by atoms with Crippen molar-refractivity contribution in [2.24, 2.45) is 4.99 Å². The first-order chi connectivity index (χ1) is 11.7. The second-order valence-corrected chi connectivity index (χ2v) is 5.76. The molecule has 1 heterocycles. The summed E-state index contributed by atoms with van der Waals surface area (Å²) >= 11 is 0. The molecule has 2 aromatic rings. The maximum Gasteiger partial charge on any atom is 0.191 e. The molecule has 0 spiro atoms. The first kappa shape index (κ1) is 17.8. The third kappa shape index (κ3) is 5.91. The Morgan fingerprint density at radius 3 is 2.71 bits per heavy atom. The molecular weight excluding hydrogens is 298 g/mol. The van der Waals surface area contributed by atoms with Crippen molar-refractivity contribution >= 4 is 11.6 Å². The van der Waals surface area contributed by atoms with Gasteiger partial charge in [-0.05, 0) is 36.8 Å². The lowest BCUT2D eigenvalue weighted by atomic mass is 10.2. The van der Waals surface area contributed by atoms with E-state index in [2.05, 4.69) is 56.7 Å². The zero-order valence-electron chi connectivity index (χ0n) is 14.8. The third-order valence-corrected chi connectivity index (χ3v) is 3.59. The number of benzene rings is 1. The molecule has 1 aromatic heterocycles. The summed E-state index contributed by atoms with van der Waals surface area (Å²) < 4.78 is 0. The average Bonchev–Trinajstić information content (AvgIpc) is 2.61.